The number of aryl methyl sites for hydroxylation is 1. The zero-order chi connectivity index (χ0) is 22.3. The molecule has 0 aliphatic rings. The highest BCUT2D eigenvalue weighted by Crippen LogP contribution is 2.29. The van der Waals surface area contributed by atoms with Crippen LogP contribution < -0.4 is 10.1 Å². The molecule has 0 bridgehead atoms. The molecule has 0 atom stereocenters. The van der Waals surface area contributed by atoms with Gasteiger partial charge in [-0.15, -0.1) is 0 Å². The molecule has 162 valence electrons. The summed E-state index contributed by atoms with van der Waals surface area (Å²) >= 11 is 0. The highest BCUT2D eigenvalue weighted by molar-refractivity contribution is 6.08. The molecule has 0 saturated carbocycles. The van der Waals surface area contributed by atoms with Gasteiger partial charge in [-0.3, -0.25) is 4.79 Å². The van der Waals surface area contributed by atoms with Gasteiger partial charge in [0, 0.05) is 24.3 Å². The van der Waals surface area contributed by atoms with Crippen LogP contribution in [0.1, 0.15) is 15.9 Å². The third-order valence-electron chi connectivity index (χ3n) is 4.78. The zero-order valence-corrected chi connectivity index (χ0v) is 17.9. The van der Waals surface area contributed by atoms with Crippen LogP contribution in [0.3, 0.4) is 0 Å². The van der Waals surface area contributed by atoms with Gasteiger partial charge in [0.1, 0.15) is 6.61 Å². The van der Waals surface area contributed by atoms with Gasteiger partial charge in [-0.1, -0.05) is 42.0 Å². The second-order valence-electron chi connectivity index (χ2n) is 7.12. The molecule has 0 aliphatic heterocycles. The zero-order valence-electron chi connectivity index (χ0n) is 17.9. The molecular formula is C25H23N3O4. The quantitative estimate of drug-likeness (QED) is 0.397. The van der Waals surface area contributed by atoms with Crippen molar-refractivity contribution in [3.63, 3.8) is 0 Å². The fraction of sp³-hybridized carbons (Fsp3) is 0.160. The van der Waals surface area contributed by atoms with E-state index in [1.807, 2.05) is 43.3 Å². The second-order valence-corrected chi connectivity index (χ2v) is 7.12. The predicted molar refractivity (Wildman–Crippen MR) is 122 cm³/mol. The number of pyridine rings is 1. The standard InChI is InChI=1S/C25H23N3O4/c1-17-7-9-18(10-8-17)22-16-27-25(32-22)21-6-4-3-5-20(21)24(29)28-19-11-12-23(26-15-19)31-14-13-30-2/h3-12,15-16H,13-14H2,1-2H3,(H,28,29). The molecule has 0 spiro atoms. The maximum Gasteiger partial charge on any atom is 0.256 e. The van der Waals surface area contributed by atoms with E-state index >= 15 is 0 Å². The van der Waals surface area contributed by atoms with Crippen molar-refractivity contribution in [1.29, 1.82) is 0 Å². The monoisotopic (exact) mass is 429 g/mol. The van der Waals surface area contributed by atoms with Crippen LogP contribution in [0.25, 0.3) is 22.8 Å². The number of benzene rings is 2. The smallest absolute Gasteiger partial charge is 0.256 e. The molecule has 0 unspecified atom stereocenters. The summed E-state index contributed by atoms with van der Waals surface area (Å²) in [4.78, 5) is 21.6. The van der Waals surface area contributed by atoms with Crippen LogP contribution >= 0.6 is 0 Å². The van der Waals surface area contributed by atoms with Crippen molar-refractivity contribution in [1.82, 2.24) is 9.97 Å². The Bertz CT molecular complexity index is 1180. The summed E-state index contributed by atoms with van der Waals surface area (Å²) in [5.41, 5.74) is 3.70. The summed E-state index contributed by atoms with van der Waals surface area (Å²) in [6, 6.07) is 18.6. The van der Waals surface area contributed by atoms with Crippen LogP contribution in [0, 0.1) is 6.92 Å². The second kappa shape index (κ2) is 9.89. The highest BCUT2D eigenvalue weighted by atomic mass is 16.5. The molecule has 2 aromatic heterocycles. The molecule has 7 nitrogen and oxygen atoms in total. The number of ether oxygens (including phenoxy) is 2. The topological polar surface area (TPSA) is 86.5 Å². The van der Waals surface area contributed by atoms with Crippen LogP contribution in [0.2, 0.25) is 0 Å². The van der Waals surface area contributed by atoms with Crippen molar-refractivity contribution >= 4 is 11.6 Å². The molecule has 2 heterocycles. The maximum absolute atomic E-state index is 13.0. The average molecular weight is 429 g/mol. The van der Waals surface area contributed by atoms with Gasteiger partial charge in [0.25, 0.3) is 5.91 Å². The van der Waals surface area contributed by atoms with Crippen LogP contribution in [0.5, 0.6) is 5.88 Å². The van der Waals surface area contributed by atoms with E-state index in [-0.39, 0.29) is 5.91 Å². The van der Waals surface area contributed by atoms with Crippen molar-refractivity contribution in [2.75, 3.05) is 25.6 Å². The SMILES string of the molecule is COCCOc1ccc(NC(=O)c2ccccc2-c2ncc(-c3ccc(C)cc3)o2)cn1. The number of amides is 1. The first-order valence-electron chi connectivity index (χ1n) is 10.2. The number of hydrogen-bond donors (Lipinski definition) is 1. The molecule has 32 heavy (non-hydrogen) atoms. The number of rotatable bonds is 8. The van der Waals surface area contributed by atoms with Gasteiger partial charge < -0.3 is 19.2 Å². The highest BCUT2D eigenvalue weighted by Gasteiger charge is 2.17. The van der Waals surface area contributed by atoms with E-state index in [1.54, 1.807) is 43.8 Å². The fourth-order valence-corrected chi connectivity index (χ4v) is 3.09. The van der Waals surface area contributed by atoms with E-state index < -0.39 is 0 Å². The van der Waals surface area contributed by atoms with Gasteiger partial charge in [-0.25, -0.2) is 9.97 Å². The van der Waals surface area contributed by atoms with Crippen molar-refractivity contribution in [3.8, 4) is 28.7 Å². The summed E-state index contributed by atoms with van der Waals surface area (Å²) in [6.07, 6.45) is 3.21. The Kier molecular flexibility index (Phi) is 6.57. The molecule has 4 aromatic rings. The Morgan fingerprint density at radius 1 is 0.969 bits per heavy atom. The lowest BCUT2D eigenvalue weighted by Crippen LogP contribution is -2.13. The molecule has 0 saturated heterocycles. The van der Waals surface area contributed by atoms with Gasteiger partial charge in [0.05, 0.1) is 30.3 Å². The van der Waals surface area contributed by atoms with Crippen molar-refractivity contribution < 1.29 is 18.7 Å². The van der Waals surface area contributed by atoms with E-state index in [2.05, 4.69) is 15.3 Å². The number of carbonyl (C=O) groups excluding carboxylic acids is 1. The molecule has 1 N–H and O–H groups in total. The Morgan fingerprint density at radius 3 is 2.53 bits per heavy atom. The Morgan fingerprint density at radius 2 is 1.78 bits per heavy atom. The number of methoxy groups -OCH3 is 1. The maximum atomic E-state index is 13.0. The molecule has 2 aromatic carbocycles. The summed E-state index contributed by atoms with van der Waals surface area (Å²) in [7, 11) is 1.61. The van der Waals surface area contributed by atoms with Crippen molar-refractivity contribution in [2.45, 2.75) is 6.92 Å². The molecule has 0 fully saturated rings. The molecule has 1 amide bonds. The van der Waals surface area contributed by atoms with E-state index in [0.717, 1.165) is 5.56 Å². The lowest BCUT2D eigenvalue weighted by Gasteiger charge is -2.09. The Hall–Kier alpha value is -3.97. The average Bonchev–Trinajstić information content (AvgIpc) is 3.31. The predicted octanol–water partition coefficient (Wildman–Crippen LogP) is 4.99. The lowest BCUT2D eigenvalue weighted by molar-refractivity contribution is 0.102. The van der Waals surface area contributed by atoms with Crippen LogP contribution in [-0.4, -0.2) is 36.2 Å². The molecule has 7 heteroatoms. The molecular weight excluding hydrogens is 406 g/mol. The molecule has 0 aliphatic carbocycles. The summed E-state index contributed by atoms with van der Waals surface area (Å²) < 4.78 is 16.4. The van der Waals surface area contributed by atoms with Crippen molar-refractivity contribution in [3.05, 3.63) is 84.2 Å². The number of nitrogens with one attached hydrogen (secondary N) is 1. The minimum atomic E-state index is -0.287. The van der Waals surface area contributed by atoms with Gasteiger partial charge in [0.15, 0.2) is 5.76 Å². The first kappa shape index (κ1) is 21.3. The third-order valence-corrected chi connectivity index (χ3v) is 4.78. The number of carbonyl (C=O) groups is 1. The fourth-order valence-electron chi connectivity index (χ4n) is 3.09. The van der Waals surface area contributed by atoms with Crippen molar-refractivity contribution in [2.24, 2.45) is 0 Å². The van der Waals surface area contributed by atoms with E-state index in [9.17, 15) is 4.79 Å². The summed E-state index contributed by atoms with van der Waals surface area (Å²) in [5, 5.41) is 2.86. The number of anilines is 1. The van der Waals surface area contributed by atoms with Gasteiger partial charge in [-0.05, 0) is 25.1 Å². The summed E-state index contributed by atoms with van der Waals surface area (Å²) in [6.45, 7) is 2.91. The number of oxazole rings is 1. The summed E-state index contributed by atoms with van der Waals surface area (Å²) in [5.74, 6) is 1.20. The minimum Gasteiger partial charge on any atom is -0.475 e. The van der Waals surface area contributed by atoms with E-state index in [4.69, 9.17) is 13.9 Å². The van der Waals surface area contributed by atoms with E-state index in [0.29, 0.717) is 47.6 Å². The normalized spacial score (nSPS) is 10.7. The lowest BCUT2D eigenvalue weighted by atomic mass is 10.1. The number of nitrogens with zero attached hydrogens (tertiary/aromatic N) is 2. The minimum absolute atomic E-state index is 0.287. The van der Waals surface area contributed by atoms with Crippen LogP contribution in [-0.2, 0) is 4.74 Å². The number of aromatic nitrogens is 2. The first-order valence-corrected chi connectivity index (χ1v) is 10.2. The first-order chi connectivity index (χ1) is 15.6. The number of hydrogen-bond acceptors (Lipinski definition) is 6. The van der Waals surface area contributed by atoms with Crippen LogP contribution in [0.4, 0.5) is 5.69 Å². The van der Waals surface area contributed by atoms with Crippen LogP contribution in [0.15, 0.2) is 77.5 Å². The van der Waals surface area contributed by atoms with Gasteiger partial charge >= 0.3 is 0 Å². The largest absolute Gasteiger partial charge is 0.475 e. The molecule has 0 radical (unpaired) electrons. The van der Waals surface area contributed by atoms with E-state index in [1.165, 1.54) is 5.56 Å². The Labute approximate surface area is 186 Å². The molecule has 4 rings (SSSR count). The van der Waals surface area contributed by atoms with Gasteiger partial charge in [-0.2, -0.15) is 0 Å². The Balaban J connectivity index is 1.51. The third kappa shape index (κ3) is 5.01. The van der Waals surface area contributed by atoms with Gasteiger partial charge in [0.2, 0.25) is 11.8 Å².